The van der Waals surface area contributed by atoms with Crippen molar-refractivity contribution in [3.05, 3.63) is 71.3 Å². The lowest BCUT2D eigenvalue weighted by molar-refractivity contribution is 0.560. The minimum atomic E-state index is -3.85. The van der Waals surface area contributed by atoms with Crippen LogP contribution in [0.3, 0.4) is 0 Å². The minimum Gasteiger partial charge on any atom is -0.423 e. The quantitative estimate of drug-likeness (QED) is 0.502. The van der Waals surface area contributed by atoms with E-state index >= 15 is 0 Å². The van der Waals surface area contributed by atoms with Crippen molar-refractivity contribution in [1.82, 2.24) is 14.8 Å². The number of benzene rings is 2. The smallest absolute Gasteiger partial charge is 0.336 e. The Morgan fingerprint density at radius 2 is 1.90 bits per heavy atom. The van der Waals surface area contributed by atoms with E-state index in [1.807, 2.05) is 14.1 Å². The van der Waals surface area contributed by atoms with Crippen molar-refractivity contribution >= 4 is 32.6 Å². The topological polar surface area (TPSA) is 110 Å². The Kier molecular flexibility index (Phi) is 4.55. The van der Waals surface area contributed by atoms with E-state index in [9.17, 15) is 13.2 Å². The monoisotopic (exact) mass is 411 g/mol. The van der Waals surface area contributed by atoms with Gasteiger partial charge in [-0.25, -0.2) is 17.9 Å². The van der Waals surface area contributed by atoms with Crippen LogP contribution in [0.25, 0.3) is 16.7 Å². The van der Waals surface area contributed by atoms with Crippen molar-refractivity contribution in [2.24, 2.45) is 0 Å². The fourth-order valence-electron chi connectivity index (χ4n) is 2.73. The Morgan fingerprint density at radius 1 is 1.07 bits per heavy atom. The van der Waals surface area contributed by atoms with E-state index in [1.165, 1.54) is 30.3 Å². The second-order valence-corrected chi connectivity index (χ2v) is 8.18. The molecule has 1 N–H and O–H groups in total. The number of aromatic nitrogens is 3. The first-order valence-electron chi connectivity index (χ1n) is 8.58. The Hall–Kier alpha value is -3.66. The van der Waals surface area contributed by atoms with Crippen molar-refractivity contribution in [2.45, 2.75) is 4.90 Å². The summed E-state index contributed by atoms with van der Waals surface area (Å²) in [6.45, 7) is 0. The molecular weight excluding hydrogens is 394 g/mol. The molecule has 0 aliphatic rings. The maximum absolute atomic E-state index is 12.8. The molecule has 2 aromatic heterocycles. The summed E-state index contributed by atoms with van der Waals surface area (Å²) in [6, 6.07) is 13.9. The molecule has 4 rings (SSSR count). The van der Waals surface area contributed by atoms with Crippen LogP contribution in [0.15, 0.2) is 75.0 Å². The van der Waals surface area contributed by atoms with E-state index in [1.54, 1.807) is 40.2 Å². The first-order valence-corrected chi connectivity index (χ1v) is 10.1. The summed E-state index contributed by atoms with van der Waals surface area (Å²) in [5.74, 6) is 0.541. The van der Waals surface area contributed by atoms with Gasteiger partial charge in [0.1, 0.15) is 11.9 Å². The van der Waals surface area contributed by atoms with Gasteiger partial charge in [0.25, 0.3) is 10.0 Å². The van der Waals surface area contributed by atoms with Crippen LogP contribution in [0.1, 0.15) is 0 Å². The Balaban J connectivity index is 1.64. The first kappa shape index (κ1) is 18.7. The van der Waals surface area contributed by atoms with E-state index in [4.69, 9.17) is 4.42 Å². The predicted molar refractivity (Wildman–Crippen MR) is 109 cm³/mol. The fraction of sp³-hybridized carbons (Fsp3) is 0.105. The third-order valence-electron chi connectivity index (χ3n) is 4.14. The van der Waals surface area contributed by atoms with Gasteiger partial charge in [-0.2, -0.15) is 4.98 Å². The van der Waals surface area contributed by atoms with Crippen molar-refractivity contribution in [1.29, 1.82) is 0 Å². The van der Waals surface area contributed by atoms with Crippen LogP contribution in [0.2, 0.25) is 0 Å². The second kappa shape index (κ2) is 7.06. The molecule has 0 saturated heterocycles. The molecule has 0 amide bonds. The number of anilines is 2. The number of nitrogens with one attached hydrogen (secondary N) is 1. The molecule has 9 nitrogen and oxygen atoms in total. The zero-order valence-electron chi connectivity index (χ0n) is 15.6. The van der Waals surface area contributed by atoms with Gasteiger partial charge >= 0.3 is 5.63 Å². The van der Waals surface area contributed by atoms with Crippen LogP contribution in [0, 0.1) is 0 Å². The zero-order chi connectivity index (χ0) is 20.6. The Labute approximate surface area is 166 Å². The summed E-state index contributed by atoms with van der Waals surface area (Å²) in [5, 5.41) is 4.85. The maximum atomic E-state index is 12.8. The molecule has 0 saturated carbocycles. The van der Waals surface area contributed by atoms with Crippen molar-refractivity contribution < 1.29 is 12.8 Å². The van der Waals surface area contributed by atoms with Crippen LogP contribution in [0.5, 0.6) is 0 Å². The lowest BCUT2D eigenvalue weighted by Gasteiger charge is -2.10. The molecule has 0 fully saturated rings. The number of hydrogen-bond donors (Lipinski definition) is 1. The lowest BCUT2D eigenvalue weighted by Crippen LogP contribution is -2.13. The predicted octanol–water partition coefficient (Wildman–Crippen LogP) is 2.24. The molecule has 2 heterocycles. The number of hydrogen-bond acceptors (Lipinski definition) is 7. The summed E-state index contributed by atoms with van der Waals surface area (Å²) in [7, 11) is -0.181. The SMILES string of the molecule is CN(C)c1ncn(-c2cccc(NS(=O)(=O)c3ccc4oc(=O)ccc4c3)c2)n1. The molecule has 2 aromatic carbocycles. The van der Waals surface area contributed by atoms with E-state index in [0.717, 1.165) is 0 Å². The number of fused-ring (bicyclic) bond motifs is 1. The summed E-state index contributed by atoms with van der Waals surface area (Å²) < 4.78 is 34.8. The molecule has 4 aromatic rings. The number of rotatable bonds is 5. The normalized spacial score (nSPS) is 11.5. The Bertz CT molecular complexity index is 1360. The van der Waals surface area contributed by atoms with Gasteiger partial charge in [-0.3, -0.25) is 4.72 Å². The van der Waals surface area contributed by atoms with Gasteiger partial charge in [-0.05, 0) is 42.5 Å². The molecule has 0 unspecified atom stereocenters. The third-order valence-corrected chi connectivity index (χ3v) is 5.52. The van der Waals surface area contributed by atoms with Gasteiger partial charge in [-0.15, -0.1) is 5.10 Å². The molecule has 0 atom stereocenters. The average molecular weight is 411 g/mol. The van der Waals surface area contributed by atoms with Crippen molar-refractivity contribution in [3.63, 3.8) is 0 Å². The van der Waals surface area contributed by atoms with Crippen LogP contribution < -0.4 is 15.2 Å². The largest absolute Gasteiger partial charge is 0.423 e. The van der Waals surface area contributed by atoms with Gasteiger partial charge in [0.2, 0.25) is 5.95 Å². The highest BCUT2D eigenvalue weighted by molar-refractivity contribution is 7.92. The molecule has 0 spiro atoms. The molecule has 0 radical (unpaired) electrons. The highest BCUT2D eigenvalue weighted by atomic mass is 32.2. The van der Waals surface area contributed by atoms with Gasteiger partial charge in [0.05, 0.1) is 16.3 Å². The van der Waals surface area contributed by atoms with Crippen LogP contribution in [-0.4, -0.2) is 37.3 Å². The molecule has 148 valence electrons. The molecule has 0 aliphatic heterocycles. The summed E-state index contributed by atoms with van der Waals surface area (Å²) in [4.78, 5) is 17.3. The second-order valence-electron chi connectivity index (χ2n) is 6.49. The molecule has 0 aliphatic carbocycles. The summed E-state index contributed by atoms with van der Waals surface area (Å²) >= 11 is 0. The van der Waals surface area contributed by atoms with Crippen LogP contribution in [0.4, 0.5) is 11.6 Å². The zero-order valence-corrected chi connectivity index (χ0v) is 16.4. The van der Waals surface area contributed by atoms with Gasteiger partial charge in [0, 0.05) is 25.5 Å². The van der Waals surface area contributed by atoms with E-state index in [2.05, 4.69) is 14.8 Å². The standard InChI is InChI=1S/C19H17N5O4S/c1-23(2)19-20-12-24(21-19)15-5-3-4-14(11-15)22-29(26,27)16-7-8-17-13(10-16)6-9-18(25)28-17/h3-12,22H,1-2H3. The van der Waals surface area contributed by atoms with E-state index < -0.39 is 15.6 Å². The lowest BCUT2D eigenvalue weighted by atomic mass is 10.2. The molecular formula is C19H17N5O4S. The van der Waals surface area contributed by atoms with Crippen molar-refractivity contribution in [3.8, 4) is 5.69 Å². The van der Waals surface area contributed by atoms with Gasteiger partial charge in [0.15, 0.2) is 0 Å². The number of nitrogens with zero attached hydrogens (tertiary/aromatic N) is 4. The maximum Gasteiger partial charge on any atom is 0.336 e. The van der Waals surface area contributed by atoms with Crippen LogP contribution in [-0.2, 0) is 10.0 Å². The molecule has 0 bridgehead atoms. The fourth-order valence-corrected chi connectivity index (χ4v) is 3.81. The average Bonchev–Trinajstić information content (AvgIpc) is 3.18. The van der Waals surface area contributed by atoms with Crippen LogP contribution >= 0.6 is 0 Å². The number of sulfonamides is 1. The van der Waals surface area contributed by atoms with E-state index in [0.29, 0.717) is 28.3 Å². The van der Waals surface area contributed by atoms with E-state index in [-0.39, 0.29) is 4.90 Å². The van der Waals surface area contributed by atoms with Gasteiger partial charge < -0.3 is 9.32 Å². The Morgan fingerprint density at radius 3 is 2.66 bits per heavy atom. The van der Waals surface area contributed by atoms with Crippen molar-refractivity contribution in [2.75, 3.05) is 23.7 Å². The summed E-state index contributed by atoms with van der Waals surface area (Å²) in [5.41, 5.74) is 0.866. The highest BCUT2D eigenvalue weighted by Crippen LogP contribution is 2.22. The van der Waals surface area contributed by atoms with Gasteiger partial charge in [-0.1, -0.05) is 6.07 Å². The first-order chi connectivity index (χ1) is 13.8. The summed E-state index contributed by atoms with van der Waals surface area (Å²) in [6.07, 6.45) is 1.56. The third kappa shape index (κ3) is 3.83. The minimum absolute atomic E-state index is 0.0555. The highest BCUT2D eigenvalue weighted by Gasteiger charge is 2.16. The molecule has 10 heteroatoms. The molecule has 29 heavy (non-hydrogen) atoms.